The number of hydrogen-bond donors (Lipinski definition) is 0. The maximum atomic E-state index is 5.34. The van der Waals surface area contributed by atoms with Gasteiger partial charge in [-0.1, -0.05) is 6.08 Å². The fourth-order valence-electron chi connectivity index (χ4n) is 0.731. The van der Waals surface area contributed by atoms with Gasteiger partial charge >= 0.3 is 8.80 Å². The van der Waals surface area contributed by atoms with Crippen LogP contribution >= 0.6 is 0 Å². The first-order chi connectivity index (χ1) is 5.24. The van der Waals surface area contributed by atoms with Crippen molar-refractivity contribution in [1.82, 2.24) is 0 Å². The summed E-state index contributed by atoms with van der Waals surface area (Å²) in [5.41, 5.74) is 0. The normalized spacial score (nSPS) is 11.5. The van der Waals surface area contributed by atoms with Crippen LogP contribution < -0.4 is 0 Å². The molecule has 65 valence electrons. The van der Waals surface area contributed by atoms with Crippen LogP contribution in [0.15, 0.2) is 12.7 Å². The minimum Gasteiger partial charge on any atom is -0.376 e. The summed E-state index contributed by atoms with van der Waals surface area (Å²) in [6, 6.07) is 1.75. The summed E-state index contributed by atoms with van der Waals surface area (Å²) in [6.45, 7) is 6.04. The van der Waals surface area contributed by atoms with E-state index in [4.69, 9.17) is 13.3 Å². The lowest BCUT2D eigenvalue weighted by molar-refractivity contribution is 0.114. The van der Waals surface area contributed by atoms with Crippen molar-refractivity contribution in [2.24, 2.45) is 0 Å². The molecular weight excluding hydrogens is 160 g/mol. The molecule has 3 nitrogen and oxygen atoms in total. The van der Waals surface area contributed by atoms with Crippen LogP contribution in [0.25, 0.3) is 0 Å². The Labute approximate surface area is 69.3 Å². The van der Waals surface area contributed by atoms with Crippen molar-refractivity contribution in [2.75, 3.05) is 20.8 Å². The molecule has 0 atom stereocenters. The first-order valence-electron chi connectivity index (χ1n) is 3.45. The molecular formula is C7H15O3Si. The lowest BCUT2D eigenvalue weighted by atomic mass is 10.8. The monoisotopic (exact) mass is 175 g/mol. The van der Waals surface area contributed by atoms with Gasteiger partial charge in [0, 0.05) is 20.8 Å². The van der Waals surface area contributed by atoms with Crippen molar-refractivity contribution < 1.29 is 13.3 Å². The molecule has 0 aliphatic rings. The van der Waals surface area contributed by atoms with E-state index < -0.39 is 8.80 Å². The number of rotatable bonds is 6. The zero-order chi connectivity index (χ0) is 8.74. The van der Waals surface area contributed by atoms with Crippen molar-refractivity contribution in [3.8, 4) is 0 Å². The third kappa shape index (κ3) is 3.16. The average molecular weight is 175 g/mol. The first kappa shape index (κ1) is 10.8. The molecule has 0 heterocycles. The highest BCUT2D eigenvalue weighted by Crippen LogP contribution is 2.10. The van der Waals surface area contributed by atoms with Gasteiger partial charge < -0.3 is 13.3 Å². The molecule has 11 heavy (non-hydrogen) atoms. The second kappa shape index (κ2) is 5.48. The molecule has 0 bridgehead atoms. The molecule has 0 rings (SSSR count). The molecule has 0 aliphatic carbocycles. The molecule has 0 N–H and O–H groups in total. The Balaban J connectivity index is 4.06. The van der Waals surface area contributed by atoms with Gasteiger partial charge in [0.25, 0.3) is 0 Å². The fourth-order valence-corrected chi connectivity index (χ4v) is 2.19. The molecule has 0 aliphatic heterocycles. The third-order valence-electron chi connectivity index (χ3n) is 1.24. The Morgan fingerprint density at radius 3 is 2.18 bits per heavy atom. The van der Waals surface area contributed by atoms with Crippen LogP contribution in [-0.2, 0) is 13.3 Å². The Hall–Kier alpha value is -0.163. The molecule has 0 aromatic carbocycles. The van der Waals surface area contributed by atoms with E-state index >= 15 is 0 Å². The first-order valence-corrected chi connectivity index (χ1v) is 5.26. The summed E-state index contributed by atoms with van der Waals surface area (Å²) >= 11 is 0. The predicted octanol–water partition coefficient (Wildman–Crippen LogP) is 1.18. The summed E-state index contributed by atoms with van der Waals surface area (Å²) in [5.74, 6) is 0. The van der Waals surface area contributed by atoms with Crippen LogP contribution in [0.1, 0.15) is 6.92 Å². The van der Waals surface area contributed by atoms with Gasteiger partial charge in [0.05, 0.1) is 6.04 Å². The van der Waals surface area contributed by atoms with E-state index in [9.17, 15) is 0 Å². The Kier molecular flexibility index (Phi) is 5.40. The van der Waals surface area contributed by atoms with Crippen LogP contribution in [0.4, 0.5) is 0 Å². The van der Waals surface area contributed by atoms with Gasteiger partial charge in [-0.25, -0.2) is 0 Å². The van der Waals surface area contributed by atoms with Gasteiger partial charge in [0.2, 0.25) is 0 Å². The van der Waals surface area contributed by atoms with Crippen LogP contribution in [0.2, 0.25) is 0 Å². The van der Waals surface area contributed by atoms with Gasteiger partial charge in [0.15, 0.2) is 0 Å². The molecule has 0 amide bonds. The van der Waals surface area contributed by atoms with E-state index in [0.717, 1.165) is 0 Å². The Morgan fingerprint density at radius 2 is 1.91 bits per heavy atom. The highest BCUT2D eigenvalue weighted by Gasteiger charge is 2.37. The quantitative estimate of drug-likeness (QED) is 0.567. The third-order valence-corrected chi connectivity index (χ3v) is 3.71. The van der Waals surface area contributed by atoms with Crippen LogP contribution in [-0.4, -0.2) is 29.6 Å². The molecule has 0 unspecified atom stereocenters. The lowest BCUT2D eigenvalue weighted by Gasteiger charge is -2.23. The minimum atomic E-state index is -2.49. The van der Waals surface area contributed by atoms with Gasteiger partial charge in [-0.15, -0.1) is 6.58 Å². The van der Waals surface area contributed by atoms with E-state index in [-0.39, 0.29) is 0 Å². The van der Waals surface area contributed by atoms with Crippen LogP contribution in [0, 0.1) is 6.04 Å². The fraction of sp³-hybridized carbons (Fsp3) is 0.571. The van der Waals surface area contributed by atoms with Crippen molar-refractivity contribution in [3.63, 3.8) is 0 Å². The largest absolute Gasteiger partial charge is 0.508 e. The van der Waals surface area contributed by atoms with Crippen LogP contribution in [0.3, 0.4) is 0 Å². The lowest BCUT2D eigenvalue weighted by Crippen LogP contribution is -2.44. The zero-order valence-corrected chi connectivity index (χ0v) is 8.29. The topological polar surface area (TPSA) is 27.7 Å². The molecule has 0 spiro atoms. The van der Waals surface area contributed by atoms with Gasteiger partial charge in [-0.05, 0) is 6.92 Å². The van der Waals surface area contributed by atoms with Crippen molar-refractivity contribution >= 4 is 8.80 Å². The summed E-state index contributed by atoms with van der Waals surface area (Å²) in [7, 11) is 0.663. The standard InChI is InChI=1S/C7H15O3Si/c1-5-7-11(8-3,9-4)10-6-2/h5,7H,1,6H2,2-4H3. The van der Waals surface area contributed by atoms with Crippen molar-refractivity contribution in [1.29, 1.82) is 0 Å². The minimum absolute atomic E-state index is 0.582. The van der Waals surface area contributed by atoms with E-state index in [1.807, 2.05) is 6.92 Å². The van der Waals surface area contributed by atoms with E-state index in [1.165, 1.54) is 0 Å². The van der Waals surface area contributed by atoms with Gasteiger partial charge in [0.1, 0.15) is 0 Å². The van der Waals surface area contributed by atoms with Gasteiger partial charge in [-0.2, -0.15) is 0 Å². The summed E-state index contributed by atoms with van der Waals surface area (Å²) < 4.78 is 15.6. The van der Waals surface area contributed by atoms with E-state index in [0.29, 0.717) is 6.61 Å². The molecule has 0 saturated heterocycles. The average Bonchev–Trinajstić information content (AvgIpc) is 2.04. The highest BCUT2D eigenvalue weighted by atomic mass is 28.4. The summed E-state index contributed by atoms with van der Waals surface area (Å²) in [4.78, 5) is 0. The second-order valence-corrected chi connectivity index (χ2v) is 4.49. The van der Waals surface area contributed by atoms with Crippen molar-refractivity contribution in [3.05, 3.63) is 18.7 Å². The summed E-state index contributed by atoms with van der Waals surface area (Å²) in [6.07, 6.45) is 1.63. The maximum absolute atomic E-state index is 5.34. The molecule has 0 aromatic rings. The Bertz CT molecular complexity index is 112. The van der Waals surface area contributed by atoms with Gasteiger partial charge in [-0.3, -0.25) is 0 Å². The smallest absolute Gasteiger partial charge is 0.376 e. The highest BCUT2D eigenvalue weighted by molar-refractivity contribution is 6.65. The maximum Gasteiger partial charge on any atom is 0.508 e. The number of allylic oxidation sites excluding steroid dienone is 1. The molecule has 1 radical (unpaired) electrons. The molecule has 0 aromatic heterocycles. The number of hydrogen-bond acceptors (Lipinski definition) is 3. The molecule has 0 fully saturated rings. The van der Waals surface area contributed by atoms with Crippen LogP contribution in [0.5, 0.6) is 0 Å². The predicted molar refractivity (Wildman–Crippen MR) is 45.9 cm³/mol. The molecule has 4 heteroatoms. The Morgan fingerprint density at radius 1 is 1.36 bits per heavy atom. The SMILES string of the molecule is C=C[CH][Si](OC)(OC)OCC. The molecule has 0 saturated carbocycles. The second-order valence-electron chi connectivity index (χ2n) is 1.85. The van der Waals surface area contributed by atoms with Crippen molar-refractivity contribution in [2.45, 2.75) is 6.92 Å². The van der Waals surface area contributed by atoms with E-state index in [1.54, 1.807) is 26.3 Å². The summed E-state index contributed by atoms with van der Waals surface area (Å²) in [5, 5.41) is 0. The van der Waals surface area contributed by atoms with E-state index in [2.05, 4.69) is 6.58 Å². The zero-order valence-electron chi connectivity index (χ0n) is 7.29.